The highest BCUT2D eigenvalue weighted by Gasteiger charge is 2.22. The second-order valence-corrected chi connectivity index (χ2v) is 14.5. The lowest BCUT2D eigenvalue weighted by Gasteiger charge is -2.29. The third-order valence-electron chi connectivity index (χ3n) is 11.2. The molecule has 0 aliphatic rings. The first-order valence-corrected chi connectivity index (χ1v) is 19.2. The number of benzene rings is 10. The first kappa shape index (κ1) is 32.0. The van der Waals surface area contributed by atoms with Crippen molar-refractivity contribution < 1.29 is 4.42 Å². The van der Waals surface area contributed by atoms with Crippen molar-refractivity contribution in [1.82, 2.24) is 0 Å². The molecule has 0 saturated carbocycles. The van der Waals surface area contributed by atoms with Gasteiger partial charge in [0.25, 0.3) is 0 Å². The fourth-order valence-corrected chi connectivity index (χ4v) is 8.55. The molecule has 0 amide bonds. The number of fused-ring (bicyclic) bond motifs is 6. The van der Waals surface area contributed by atoms with E-state index in [1.807, 2.05) is 0 Å². The van der Waals surface area contributed by atoms with E-state index in [2.05, 4.69) is 217 Å². The molecule has 0 aliphatic heterocycles. The van der Waals surface area contributed by atoms with E-state index in [0.717, 1.165) is 50.1 Å². The van der Waals surface area contributed by atoms with Gasteiger partial charge < -0.3 is 9.32 Å². The lowest BCUT2D eigenvalue weighted by atomic mass is 9.95. The molecule has 11 aromatic rings. The van der Waals surface area contributed by atoms with Gasteiger partial charge in [-0.15, -0.1) is 0 Å². The first-order chi connectivity index (χ1) is 27.8. The number of anilines is 3. The van der Waals surface area contributed by atoms with Gasteiger partial charge in [0.05, 0.1) is 11.4 Å². The van der Waals surface area contributed by atoms with Crippen molar-refractivity contribution in [2.45, 2.75) is 0 Å². The van der Waals surface area contributed by atoms with Crippen LogP contribution in [-0.4, -0.2) is 0 Å². The van der Waals surface area contributed by atoms with Crippen LogP contribution in [0.15, 0.2) is 217 Å². The molecule has 11 rings (SSSR count). The van der Waals surface area contributed by atoms with Gasteiger partial charge in [0, 0.05) is 33.0 Å². The Morgan fingerprint density at radius 3 is 1.70 bits per heavy atom. The number of hydrogen-bond donors (Lipinski definition) is 0. The number of nitrogens with zero attached hydrogens (tertiary/aromatic N) is 1. The molecule has 10 aromatic carbocycles. The van der Waals surface area contributed by atoms with E-state index in [4.69, 9.17) is 4.42 Å². The summed E-state index contributed by atoms with van der Waals surface area (Å²) in [7, 11) is 0. The standard InChI is InChI=1S/C54H35NO/c1-2-16-41-35-53-50(34-40(41)15-1)49-26-12-25-48(54(49)56-53)47-23-7-8-27-52(47)55(51-28-11-18-38-14-4-6-22-46(38)51)43-31-29-36(30-32-43)39-19-9-20-42(33-39)45-24-10-17-37-13-3-5-21-44(37)45/h1-35H. The Bertz CT molecular complexity index is 3250. The minimum absolute atomic E-state index is 0.893. The summed E-state index contributed by atoms with van der Waals surface area (Å²) in [6.45, 7) is 0. The van der Waals surface area contributed by atoms with Crippen molar-refractivity contribution in [2.75, 3.05) is 4.90 Å². The summed E-state index contributed by atoms with van der Waals surface area (Å²) >= 11 is 0. The summed E-state index contributed by atoms with van der Waals surface area (Å²) in [4.78, 5) is 2.41. The molecule has 1 aromatic heterocycles. The van der Waals surface area contributed by atoms with Crippen molar-refractivity contribution in [2.24, 2.45) is 0 Å². The van der Waals surface area contributed by atoms with Gasteiger partial charge >= 0.3 is 0 Å². The molecule has 2 heteroatoms. The molecular weight excluding hydrogens is 679 g/mol. The maximum Gasteiger partial charge on any atom is 0.143 e. The molecule has 1 heterocycles. The summed E-state index contributed by atoms with van der Waals surface area (Å²) in [6, 6.07) is 76.4. The molecule has 0 bridgehead atoms. The largest absolute Gasteiger partial charge is 0.455 e. The predicted octanol–water partition coefficient (Wildman–Crippen LogP) is 15.5. The molecule has 0 N–H and O–H groups in total. The van der Waals surface area contributed by atoms with Gasteiger partial charge in [0.15, 0.2) is 0 Å². The lowest BCUT2D eigenvalue weighted by Crippen LogP contribution is -2.11. The molecule has 0 fully saturated rings. The minimum Gasteiger partial charge on any atom is -0.455 e. The summed E-state index contributed by atoms with van der Waals surface area (Å²) in [5.74, 6) is 0. The van der Waals surface area contributed by atoms with Crippen LogP contribution in [0.1, 0.15) is 0 Å². The van der Waals surface area contributed by atoms with E-state index in [0.29, 0.717) is 0 Å². The van der Waals surface area contributed by atoms with Crippen molar-refractivity contribution in [3.8, 4) is 33.4 Å². The molecule has 56 heavy (non-hydrogen) atoms. The lowest BCUT2D eigenvalue weighted by molar-refractivity contribution is 0.670. The highest BCUT2D eigenvalue weighted by molar-refractivity contribution is 6.14. The number of furan rings is 1. The Kier molecular flexibility index (Phi) is 7.53. The molecule has 0 atom stereocenters. The van der Waals surface area contributed by atoms with Crippen LogP contribution in [0.4, 0.5) is 17.1 Å². The predicted molar refractivity (Wildman–Crippen MR) is 237 cm³/mol. The third kappa shape index (κ3) is 5.34. The highest BCUT2D eigenvalue weighted by atomic mass is 16.3. The monoisotopic (exact) mass is 713 g/mol. The Hall–Kier alpha value is -7.42. The molecular formula is C54H35NO. The number of para-hydroxylation sites is 2. The summed E-state index contributed by atoms with van der Waals surface area (Å²) < 4.78 is 6.77. The molecule has 0 unspecified atom stereocenters. The van der Waals surface area contributed by atoms with E-state index in [1.54, 1.807) is 0 Å². The number of hydrogen-bond acceptors (Lipinski definition) is 2. The van der Waals surface area contributed by atoms with Crippen LogP contribution in [-0.2, 0) is 0 Å². The van der Waals surface area contributed by atoms with E-state index in [1.165, 1.54) is 54.6 Å². The normalized spacial score (nSPS) is 11.6. The van der Waals surface area contributed by atoms with Crippen LogP contribution in [0.2, 0.25) is 0 Å². The van der Waals surface area contributed by atoms with Gasteiger partial charge in [0.2, 0.25) is 0 Å². The molecule has 0 radical (unpaired) electrons. The van der Waals surface area contributed by atoms with Crippen molar-refractivity contribution >= 4 is 71.3 Å². The maximum absolute atomic E-state index is 6.77. The third-order valence-corrected chi connectivity index (χ3v) is 11.2. The van der Waals surface area contributed by atoms with Crippen LogP contribution in [0.5, 0.6) is 0 Å². The van der Waals surface area contributed by atoms with Crippen LogP contribution in [0.25, 0.3) is 87.6 Å². The van der Waals surface area contributed by atoms with Crippen LogP contribution in [0.3, 0.4) is 0 Å². The van der Waals surface area contributed by atoms with Crippen LogP contribution < -0.4 is 4.90 Å². The number of rotatable bonds is 6. The summed E-state index contributed by atoms with van der Waals surface area (Å²) in [6.07, 6.45) is 0. The molecule has 0 saturated heterocycles. The Morgan fingerprint density at radius 1 is 0.304 bits per heavy atom. The summed E-state index contributed by atoms with van der Waals surface area (Å²) in [5.41, 5.74) is 12.0. The molecule has 0 spiro atoms. The fraction of sp³-hybridized carbons (Fsp3) is 0. The molecule has 0 aliphatic carbocycles. The SMILES string of the molecule is c1cc(-c2ccc(N(c3ccccc3-c3cccc4c3oc3cc5ccccc5cc34)c3cccc4ccccc34)cc2)cc(-c2cccc3ccccc23)c1. The Morgan fingerprint density at radius 2 is 0.857 bits per heavy atom. The van der Waals surface area contributed by atoms with E-state index >= 15 is 0 Å². The highest BCUT2D eigenvalue weighted by Crippen LogP contribution is 2.46. The zero-order chi connectivity index (χ0) is 37.0. The second-order valence-electron chi connectivity index (χ2n) is 14.5. The topological polar surface area (TPSA) is 16.4 Å². The zero-order valence-corrected chi connectivity index (χ0v) is 30.6. The minimum atomic E-state index is 0.893. The van der Waals surface area contributed by atoms with Crippen molar-refractivity contribution in [1.29, 1.82) is 0 Å². The molecule has 262 valence electrons. The van der Waals surface area contributed by atoms with Gasteiger partial charge in [0.1, 0.15) is 11.2 Å². The Labute approximate surface area is 325 Å². The van der Waals surface area contributed by atoms with Gasteiger partial charge in [-0.2, -0.15) is 0 Å². The second kappa shape index (κ2) is 13.2. The van der Waals surface area contributed by atoms with Gasteiger partial charge in [-0.25, -0.2) is 0 Å². The quantitative estimate of drug-likeness (QED) is 0.171. The van der Waals surface area contributed by atoms with Gasteiger partial charge in [-0.05, 0) is 91.6 Å². The summed E-state index contributed by atoms with van der Waals surface area (Å²) in [5, 5.41) is 9.52. The van der Waals surface area contributed by atoms with E-state index < -0.39 is 0 Å². The maximum atomic E-state index is 6.77. The van der Waals surface area contributed by atoms with E-state index in [9.17, 15) is 0 Å². The first-order valence-electron chi connectivity index (χ1n) is 19.2. The van der Waals surface area contributed by atoms with Crippen LogP contribution in [0, 0.1) is 0 Å². The van der Waals surface area contributed by atoms with E-state index in [-0.39, 0.29) is 0 Å². The zero-order valence-electron chi connectivity index (χ0n) is 30.6. The van der Waals surface area contributed by atoms with Crippen molar-refractivity contribution in [3.05, 3.63) is 212 Å². The average molecular weight is 714 g/mol. The Balaban J connectivity index is 1.07. The van der Waals surface area contributed by atoms with Gasteiger partial charge in [-0.3, -0.25) is 0 Å². The molecule has 2 nitrogen and oxygen atoms in total. The van der Waals surface area contributed by atoms with Gasteiger partial charge in [-0.1, -0.05) is 170 Å². The average Bonchev–Trinajstić information content (AvgIpc) is 3.63. The smallest absolute Gasteiger partial charge is 0.143 e. The van der Waals surface area contributed by atoms with Crippen molar-refractivity contribution in [3.63, 3.8) is 0 Å². The van der Waals surface area contributed by atoms with Crippen LogP contribution >= 0.6 is 0 Å². The fourth-order valence-electron chi connectivity index (χ4n) is 8.55.